The summed E-state index contributed by atoms with van der Waals surface area (Å²) in [7, 11) is 0. The fourth-order valence-electron chi connectivity index (χ4n) is 10.9. The van der Waals surface area contributed by atoms with Crippen LogP contribution in [-0.4, -0.2) is 0 Å². The number of hydrogen-bond acceptors (Lipinski definition) is 2. The first-order chi connectivity index (χ1) is 33.0. The quantitative estimate of drug-likeness (QED) is 0.159. The van der Waals surface area contributed by atoms with E-state index in [1.165, 1.54) is 71.8 Å². The van der Waals surface area contributed by atoms with Crippen molar-refractivity contribution in [3.63, 3.8) is 0 Å². The molecule has 0 radical (unpaired) electrons. The van der Waals surface area contributed by atoms with E-state index in [-0.39, 0.29) is 5.41 Å². The smallest absolute Gasteiger partial charge is 0.143 e. The largest absolute Gasteiger partial charge is 0.455 e. The Morgan fingerprint density at radius 3 is 1.75 bits per heavy atom. The van der Waals surface area contributed by atoms with Crippen LogP contribution in [-0.2, 0) is 5.41 Å². The molecule has 1 aliphatic carbocycles. The maximum absolute atomic E-state index is 6.57. The van der Waals surface area contributed by atoms with Gasteiger partial charge in [-0.1, -0.05) is 190 Å². The third kappa shape index (κ3) is 6.40. The molecular formula is C65H45NO. The van der Waals surface area contributed by atoms with Gasteiger partial charge in [0, 0.05) is 38.5 Å². The first-order valence-electron chi connectivity index (χ1n) is 23.2. The highest BCUT2D eigenvalue weighted by Crippen LogP contribution is 2.52. The van der Waals surface area contributed by atoms with Crippen molar-refractivity contribution in [1.29, 1.82) is 0 Å². The lowest BCUT2D eigenvalue weighted by atomic mass is 9.79. The third-order valence-corrected chi connectivity index (χ3v) is 14.2. The van der Waals surface area contributed by atoms with Crippen LogP contribution in [0.2, 0.25) is 0 Å². The van der Waals surface area contributed by atoms with Crippen molar-refractivity contribution in [3.05, 3.63) is 248 Å². The molecule has 1 aromatic heterocycles. The SMILES string of the molecule is CC1(C)c2ccccc2-c2cccc(-c3ccc(N(c4ccc(-c5cccc(-c6ccc7ccccc7c6)c5)cc4)c4ccccc4-c4ccc5oc6c7ccccc7ccc6c5c4)cc3)c21. The number of furan rings is 1. The summed E-state index contributed by atoms with van der Waals surface area (Å²) in [6.45, 7) is 4.73. The highest BCUT2D eigenvalue weighted by Gasteiger charge is 2.37. The van der Waals surface area contributed by atoms with E-state index in [1.54, 1.807) is 0 Å². The molecule has 13 rings (SSSR count). The maximum atomic E-state index is 6.57. The van der Waals surface area contributed by atoms with Crippen LogP contribution in [0.3, 0.4) is 0 Å². The Labute approximate surface area is 390 Å². The molecule has 1 heterocycles. The number of benzene rings is 11. The van der Waals surface area contributed by atoms with Gasteiger partial charge in [0.2, 0.25) is 0 Å². The number of para-hydroxylation sites is 1. The molecular weight excluding hydrogens is 811 g/mol. The van der Waals surface area contributed by atoms with Gasteiger partial charge < -0.3 is 9.32 Å². The molecule has 0 unspecified atom stereocenters. The van der Waals surface area contributed by atoms with Crippen LogP contribution in [0.4, 0.5) is 17.1 Å². The van der Waals surface area contributed by atoms with Gasteiger partial charge in [-0.15, -0.1) is 0 Å². The second-order valence-electron chi connectivity index (χ2n) is 18.5. The minimum Gasteiger partial charge on any atom is -0.455 e. The Kier molecular flexibility index (Phi) is 8.91. The van der Waals surface area contributed by atoms with E-state index in [4.69, 9.17) is 4.42 Å². The predicted octanol–water partition coefficient (Wildman–Crippen LogP) is 18.3. The Bertz CT molecular complexity index is 3890. The molecule has 0 saturated heterocycles. The predicted molar refractivity (Wildman–Crippen MR) is 283 cm³/mol. The molecule has 12 aromatic rings. The zero-order chi connectivity index (χ0) is 44.6. The summed E-state index contributed by atoms with van der Waals surface area (Å²) in [5.41, 5.74) is 19.9. The van der Waals surface area contributed by atoms with Gasteiger partial charge in [0.05, 0.1) is 5.69 Å². The summed E-state index contributed by atoms with van der Waals surface area (Å²) >= 11 is 0. The lowest BCUT2D eigenvalue weighted by Crippen LogP contribution is -2.16. The molecule has 2 nitrogen and oxygen atoms in total. The number of anilines is 3. The van der Waals surface area contributed by atoms with Crippen LogP contribution >= 0.6 is 0 Å². The van der Waals surface area contributed by atoms with E-state index in [2.05, 4.69) is 255 Å². The maximum Gasteiger partial charge on any atom is 0.143 e. The van der Waals surface area contributed by atoms with Crippen LogP contribution < -0.4 is 4.90 Å². The van der Waals surface area contributed by atoms with Crippen LogP contribution in [0, 0.1) is 0 Å². The van der Waals surface area contributed by atoms with Crippen molar-refractivity contribution in [2.45, 2.75) is 19.3 Å². The molecule has 11 aromatic carbocycles. The molecule has 1 aliphatic rings. The summed E-state index contributed by atoms with van der Waals surface area (Å²) < 4.78 is 6.57. The molecule has 0 bridgehead atoms. The first-order valence-corrected chi connectivity index (χ1v) is 23.2. The number of rotatable bonds is 7. The van der Waals surface area contributed by atoms with Crippen LogP contribution in [0.1, 0.15) is 25.0 Å². The summed E-state index contributed by atoms with van der Waals surface area (Å²) in [5, 5.41) is 7.04. The van der Waals surface area contributed by atoms with Crippen molar-refractivity contribution in [3.8, 4) is 55.6 Å². The van der Waals surface area contributed by atoms with Crippen molar-refractivity contribution in [1.82, 2.24) is 0 Å². The van der Waals surface area contributed by atoms with Gasteiger partial charge in [0.1, 0.15) is 11.2 Å². The van der Waals surface area contributed by atoms with E-state index in [0.29, 0.717) is 0 Å². The zero-order valence-electron chi connectivity index (χ0n) is 37.4. The summed E-state index contributed by atoms with van der Waals surface area (Å²) in [6.07, 6.45) is 0. The van der Waals surface area contributed by atoms with Crippen molar-refractivity contribution < 1.29 is 4.42 Å². The monoisotopic (exact) mass is 855 g/mol. The Balaban J connectivity index is 0.925. The highest BCUT2D eigenvalue weighted by atomic mass is 16.3. The van der Waals surface area contributed by atoms with Gasteiger partial charge in [-0.05, 0) is 138 Å². The number of hydrogen-bond donors (Lipinski definition) is 0. The average molecular weight is 856 g/mol. The lowest BCUT2D eigenvalue weighted by molar-refractivity contribution is 0.662. The molecule has 0 amide bonds. The molecule has 0 saturated carbocycles. The van der Waals surface area contributed by atoms with Gasteiger partial charge >= 0.3 is 0 Å². The van der Waals surface area contributed by atoms with Gasteiger partial charge in [-0.25, -0.2) is 0 Å². The van der Waals surface area contributed by atoms with E-state index in [1.807, 2.05) is 0 Å². The summed E-state index contributed by atoms with van der Waals surface area (Å²) in [4.78, 5) is 2.41. The number of nitrogens with zero attached hydrogens (tertiary/aromatic N) is 1. The Morgan fingerprint density at radius 2 is 0.925 bits per heavy atom. The fourth-order valence-corrected chi connectivity index (χ4v) is 10.9. The highest BCUT2D eigenvalue weighted by molar-refractivity contribution is 6.15. The zero-order valence-corrected chi connectivity index (χ0v) is 37.4. The minimum atomic E-state index is -0.114. The van der Waals surface area contributed by atoms with E-state index in [9.17, 15) is 0 Å². The Hall–Kier alpha value is -8.46. The second-order valence-corrected chi connectivity index (χ2v) is 18.5. The van der Waals surface area contributed by atoms with Crippen LogP contribution in [0.15, 0.2) is 241 Å². The van der Waals surface area contributed by atoms with Gasteiger partial charge in [0.15, 0.2) is 0 Å². The van der Waals surface area contributed by atoms with Gasteiger partial charge in [-0.2, -0.15) is 0 Å². The standard InChI is InChI=1S/C65H45NO/c1-65(2)60-23-9-7-20-56(60)57-22-12-21-54(63(57)65)45-29-35-52(36-30-45)66(51-33-27-43(28-34-51)47-16-11-17-48(39-47)49-26-25-42-13-3-4-15-46(42)40-49)61-24-10-8-18-53(61)50-32-38-62-59(41-50)58-37-31-44-14-5-6-19-55(44)64(58)67-62/h3-41H,1-2H3. The van der Waals surface area contributed by atoms with Gasteiger partial charge in [-0.3, -0.25) is 0 Å². The summed E-state index contributed by atoms with van der Waals surface area (Å²) in [6, 6.07) is 86.4. The van der Waals surface area contributed by atoms with E-state index in [0.717, 1.165) is 55.5 Å². The molecule has 67 heavy (non-hydrogen) atoms. The van der Waals surface area contributed by atoms with Crippen molar-refractivity contribution >= 4 is 60.5 Å². The second kappa shape index (κ2) is 15.3. The van der Waals surface area contributed by atoms with Crippen molar-refractivity contribution in [2.24, 2.45) is 0 Å². The molecule has 316 valence electrons. The molecule has 0 spiro atoms. The Morgan fingerprint density at radius 1 is 0.343 bits per heavy atom. The van der Waals surface area contributed by atoms with Crippen LogP contribution in [0.5, 0.6) is 0 Å². The minimum absolute atomic E-state index is 0.114. The average Bonchev–Trinajstić information content (AvgIpc) is 3.88. The normalized spacial score (nSPS) is 12.7. The summed E-state index contributed by atoms with van der Waals surface area (Å²) in [5.74, 6) is 0. The van der Waals surface area contributed by atoms with E-state index < -0.39 is 0 Å². The molecule has 0 aliphatic heterocycles. The van der Waals surface area contributed by atoms with Crippen LogP contribution in [0.25, 0.3) is 99.1 Å². The molecule has 0 atom stereocenters. The topological polar surface area (TPSA) is 16.4 Å². The third-order valence-electron chi connectivity index (χ3n) is 14.2. The molecule has 0 N–H and O–H groups in total. The molecule has 0 fully saturated rings. The lowest BCUT2D eigenvalue weighted by Gasteiger charge is -2.28. The fraction of sp³-hybridized carbons (Fsp3) is 0.0462. The van der Waals surface area contributed by atoms with E-state index >= 15 is 0 Å². The number of fused-ring (bicyclic) bond motifs is 9. The van der Waals surface area contributed by atoms with Gasteiger partial charge in [0.25, 0.3) is 0 Å². The molecule has 2 heteroatoms. The first kappa shape index (κ1) is 39.0. The van der Waals surface area contributed by atoms with Crippen molar-refractivity contribution in [2.75, 3.05) is 4.90 Å².